The number of carbonyl (C=O) groups excluding carboxylic acids is 1. The molecule has 2 aliphatic rings. The molecule has 1 unspecified atom stereocenters. The van der Waals surface area contributed by atoms with E-state index in [2.05, 4.69) is 9.80 Å². The number of nitrogens with zero attached hydrogens (tertiary/aromatic N) is 2. The highest BCUT2D eigenvalue weighted by molar-refractivity contribution is 6.33. The fourth-order valence-electron chi connectivity index (χ4n) is 4.24. The average Bonchev–Trinajstić information content (AvgIpc) is 2.77. The highest BCUT2D eigenvalue weighted by Gasteiger charge is 2.42. The van der Waals surface area contributed by atoms with E-state index in [9.17, 15) is 4.79 Å². The summed E-state index contributed by atoms with van der Waals surface area (Å²) in [4.78, 5) is 17.9. The molecular weight excluding hydrogens is 404 g/mol. The first-order chi connectivity index (χ1) is 14.4. The molecule has 0 amide bonds. The van der Waals surface area contributed by atoms with Crippen molar-refractivity contribution in [1.29, 1.82) is 0 Å². The lowest BCUT2D eigenvalue weighted by molar-refractivity contribution is -0.0494. The van der Waals surface area contributed by atoms with E-state index in [0.717, 1.165) is 42.5 Å². The molecule has 0 radical (unpaired) electrons. The summed E-state index contributed by atoms with van der Waals surface area (Å²) in [5, 5.41) is 0.768. The lowest BCUT2D eigenvalue weighted by Gasteiger charge is -2.42. The summed E-state index contributed by atoms with van der Waals surface area (Å²) in [6, 6.07) is 11.5. The molecule has 0 spiro atoms. The maximum Gasteiger partial charge on any atom is 0.196 e. The predicted octanol–water partition coefficient (Wildman–Crippen LogP) is 3.65. The molecule has 2 aromatic carbocycles. The Kier molecular flexibility index (Phi) is 5.91. The van der Waals surface area contributed by atoms with Crippen molar-refractivity contribution < 1.29 is 19.0 Å². The van der Waals surface area contributed by atoms with Gasteiger partial charge in [0.1, 0.15) is 5.60 Å². The van der Waals surface area contributed by atoms with E-state index in [1.165, 1.54) is 0 Å². The van der Waals surface area contributed by atoms with Gasteiger partial charge < -0.3 is 19.1 Å². The van der Waals surface area contributed by atoms with Crippen LogP contribution in [0.25, 0.3) is 0 Å². The summed E-state index contributed by atoms with van der Waals surface area (Å²) in [7, 11) is 3.16. The Balaban J connectivity index is 1.46. The zero-order valence-electron chi connectivity index (χ0n) is 17.6. The Bertz CT molecular complexity index is 943. The monoisotopic (exact) mass is 430 g/mol. The molecule has 30 heavy (non-hydrogen) atoms. The van der Waals surface area contributed by atoms with Crippen LogP contribution in [0.3, 0.4) is 0 Å². The molecule has 7 heteroatoms. The van der Waals surface area contributed by atoms with Crippen molar-refractivity contribution in [1.82, 2.24) is 4.90 Å². The smallest absolute Gasteiger partial charge is 0.196 e. The number of piperazine rings is 1. The quantitative estimate of drug-likeness (QED) is 0.721. The minimum absolute atomic E-state index is 0.0155. The fraction of sp³-hybridized carbons (Fsp3) is 0.435. The van der Waals surface area contributed by atoms with E-state index < -0.39 is 5.60 Å². The Labute approximate surface area is 182 Å². The van der Waals surface area contributed by atoms with Gasteiger partial charge in [-0.3, -0.25) is 9.69 Å². The number of hydrogen-bond donors (Lipinski definition) is 0. The first kappa shape index (κ1) is 21.0. The number of Topliss-reactive ketones (excluding diaryl/α,β-unsaturated/α-hetero) is 1. The number of fused-ring (bicyclic) bond motifs is 1. The van der Waals surface area contributed by atoms with Gasteiger partial charge in [-0.1, -0.05) is 23.7 Å². The van der Waals surface area contributed by atoms with Crippen LogP contribution in [0.15, 0.2) is 36.4 Å². The molecule has 0 saturated carbocycles. The topological polar surface area (TPSA) is 51.2 Å². The lowest BCUT2D eigenvalue weighted by Crippen LogP contribution is -2.55. The fourth-order valence-corrected chi connectivity index (χ4v) is 4.49. The van der Waals surface area contributed by atoms with Gasteiger partial charge in [-0.25, -0.2) is 0 Å². The van der Waals surface area contributed by atoms with Gasteiger partial charge in [-0.05, 0) is 36.8 Å². The summed E-state index contributed by atoms with van der Waals surface area (Å²) in [6.07, 6.45) is 0. The van der Waals surface area contributed by atoms with Gasteiger partial charge in [0.15, 0.2) is 17.3 Å². The highest BCUT2D eigenvalue weighted by Crippen LogP contribution is 2.37. The number of methoxy groups -OCH3 is 2. The maximum atomic E-state index is 13.3. The van der Waals surface area contributed by atoms with Crippen molar-refractivity contribution in [3.05, 3.63) is 52.5 Å². The first-order valence-electron chi connectivity index (χ1n) is 10.1. The van der Waals surface area contributed by atoms with Crippen molar-refractivity contribution >= 4 is 23.1 Å². The highest BCUT2D eigenvalue weighted by atomic mass is 35.5. The van der Waals surface area contributed by atoms with Crippen LogP contribution in [-0.4, -0.2) is 63.2 Å². The third-order valence-corrected chi connectivity index (χ3v) is 6.29. The number of ketones is 1. The van der Waals surface area contributed by atoms with E-state index in [1.807, 2.05) is 37.3 Å². The first-order valence-corrected chi connectivity index (χ1v) is 10.5. The standard InChI is InChI=1S/C23H27ClN2O4/c1-23(15-25-8-10-26(11-9-25)19-7-5-4-6-18(19)24)22(27)17-13-21(29-3)20(28-2)12-16(17)14-30-23/h4-7,12-13H,8-11,14-15H2,1-3H3. The molecule has 1 fully saturated rings. The lowest BCUT2D eigenvalue weighted by atomic mass is 9.87. The van der Waals surface area contributed by atoms with Crippen LogP contribution in [0.1, 0.15) is 22.8 Å². The number of anilines is 1. The van der Waals surface area contributed by atoms with Crippen LogP contribution in [0, 0.1) is 0 Å². The van der Waals surface area contributed by atoms with E-state index in [1.54, 1.807) is 20.3 Å². The molecule has 160 valence electrons. The molecule has 2 heterocycles. The minimum atomic E-state index is -0.890. The SMILES string of the molecule is COc1cc2c(cc1OC)C(=O)C(C)(CN1CCN(c3ccccc3Cl)CC1)OC2. The van der Waals surface area contributed by atoms with Crippen LogP contribution in [0.2, 0.25) is 5.02 Å². The molecule has 0 N–H and O–H groups in total. The van der Waals surface area contributed by atoms with Crippen molar-refractivity contribution in [2.24, 2.45) is 0 Å². The zero-order valence-corrected chi connectivity index (χ0v) is 18.4. The maximum absolute atomic E-state index is 13.3. The molecular formula is C23H27ClN2O4. The van der Waals surface area contributed by atoms with Gasteiger partial charge in [-0.2, -0.15) is 0 Å². The number of carbonyl (C=O) groups is 1. The molecule has 2 aliphatic heterocycles. The van der Waals surface area contributed by atoms with E-state index in [-0.39, 0.29) is 5.78 Å². The number of para-hydroxylation sites is 1. The van der Waals surface area contributed by atoms with Crippen LogP contribution in [-0.2, 0) is 11.3 Å². The third-order valence-electron chi connectivity index (χ3n) is 5.97. The Hall–Kier alpha value is -2.28. The average molecular weight is 431 g/mol. The molecule has 0 aliphatic carbocycles. The van der Waals surface area contributed by atoms with Gasteiger partial charge >= 0.3 is 0 Å². The van der Waals surface area contributed by atoms with Gasteiger partial charge in [0, 0.05) is 38.3 Å². The summed E-state index contributed by atoms with van der Waals surface area (Å²) < 4.78 is 16.8. The third kappa shape index (κ3) is 3.87. The molecule has 4 rings (SSSR count). The van der Waals surface area contributed by atoms with Crippen molar-refractivity contribution in [3.8, 4) is 11.5 Å². The second-order valence-electron chi connectivity index (χ2n) is 7.93. The van der Waals surface area contributed by atoms with Crippen LogP contribution in [0.4, 0.5) is 5.69 Å². The van der Waals surface area contributed by atoms with Gasteiger partial charge in [0.25, 0.3) is 0 Å². The summed E-state index contributed by atoms with van der Waals surface area (Å²) in [5.41, 5.74) is 1.65. The van der Waals surface area contributed by atoms with Crippen molar-refractivity contribution in [2.75, 3.05) is 51.8 Å². The number of rotatable bonds is 5. The second-order valence-corrected chi connectivity index (χ2v) is 8.33. The largest absolute Gasteiger partial charge is 0.493 e. The Morgan fingerprint density at radius 1 is 1.07 bits per heavy atom. The van der Waals surface area contributed by atoms with Crippen molar-refractivity contribution in [3.63, 3.8) is 0 Å². The number of halogens is 1. The number of ether oxygens (including phenoxy) is 3. The molecule has 1 saturated heterocycles. The number of benzene rings is 2. The van der Waals surface area contributed by atoms with Crippen LogP contribution < -0.4 is 14.4 Å². The van der Waals surface area contributed by atoms with Crippen LogP contribution in [0.5, 0.6) is 11.5 Å². The van der Waals surface area contributed by atoms with E-state index in [4.69, 9.17) is 25.8 Å². The molecule has 2 aromatic rings. The Morgan fingerprint density at radius 2 is 1.73 bits per heavy atom. The normalized spacial score (nSPS) is 22.0. The molecule has 6 nitrogen and oxygen atoms in total. The predicted molar refractivity (Wildman–Crippen MR) is 117 cm³/mol. The summed E-state index contributed by atoms with van der Waals surface area (Å²) >= 11 is 6.35. The van der Waals surface area contributed by atoms with Gasteiger partial charge in [0.05, 0.1) is 31.5 Å². The van der Waals surface area contributed by atoms with Crippen molar-refractivity contribution in [2.45, 2.75) is 19.1 Å². The van der Waals surface area contributed by atoms with E-state index >= 15 is 0 Å². The van der Waals surface area contributed by atoms with E-state index in [0.29, 0.717) is 30.2 Å². The molecule has 0 aromatic heterocycles. The molecule has 0 bridgehead atoms. The van der Waals surface area contributed by atoms with Gasteiger partial charge in [-0.15, -0.1) is 0 Å². The summed E-state index contributed by atoms with van der Waals surface area (Å²) in [6.45, 7) is 6.21. The Morgan fingerprint density at radius 3 is 2.40 bits per heavy atom. The summed E-state index contributed by atoms with van der Waals surface area (Å²) in [5.74, 6) is 1.15. The second kappa shape index (κ2) is 8.46. The van der Waals surface area contributed by atoms with Crippen LogP contribution >= 0.6 is 11.6 Å². The zero-order chi connectivity index (χ0) is 21.3. The molecule has 1 atom stereocenters. The number of hydrogen-bond acceptors (Lipinski definition) is 6. The minimum Gasteiger partial charge on any atom is -0.493 e. The van der Waals surface area contributed by atoms with Gasteiger partial charge in [0.2, 0.25) is 0 Å².